The summed E-state index contributed by atoms with van der Waals surface area (Å²) in [6.45, 7) is 1.87. The molecule has 0 saturated heterocycles. The zero-order valence-electron chi connectivity index (χ0n) is 15.5. The predicted molar refractivity (Wildman–Crippen MR) is 111 cm³/mol. The summed E-state index contributed by atoms with van der Waals surface area (Å²) in [5.74, 6) is 0.262. The van der Waals surface area contributed by atoms with Gasteiger partial charge in [0.15, 0.2) is 6.61 Å². The van der Waals surface area contributed by atoms with Crippen molar-refractivity contribution in [2.75, 3.05) is 13.2 Å². The second-order valence-electron chi connectivity index (χ2n) is 6.43. The molecule has 0 atom stereocenters. The van der Waals surface area contributed by atoms with E-state index in [4.69, 9.17) is 9.47 Å². The smallest absolute Gasteiger partial charge is 0.344 e. The van der Waals surface area contributed by atoms with Gasteiger partial charge in [-0.15, -0.1) is 0 Å². The van der Waals surface area contributed by atoms with Crippen LogP contribution in [0.4, 0.5) is 0 Å². The molecule has 140 valence electrons. The van der Waals surface area contributed by atoms with E-state index in [0.717, 1.165) is 27.1 Å². The molecule has 1 N–H and O–H groups in total. The third-order valence-corrected chi connectivity index (χ3v) is 4.70. The summed E-state index contributed by atoms with van der Waals surface area (Å²) in [5, 5.41) is 14.7. The number of carbonyl (C=O) groups is 1. The lowest BCUT2D eigenvalue weighted by Gasteiger charge is -2.17. The molecule has 28 heavy (non-hydrogen) atoms. The summed E-state index contributed by atoms with van der Waals surface area (Å²) in [4.78, 5) is 11.8. The first kappa shape index (κ1) is 17.9. The van der Waals surface area contributed by atoms with Crippen LogP contribution in [0.15, 0.2) is 72.8 Å². The SMILES string of the molecule is CCOC(=O)COc1ccc2ccccc2c1-c1c(O)ccc2ccccc12. The lowest BCUT2D eigenvalue weighted by Crippen LogP contribution is -2.15. The maximum atomic E-state index is 11.8. The normalized spacial score (nSPS) is 10.9. The Balaban J connectivity index is 1.96. The third kappa shape index (κ3) is 3.25. The van der Waals surface area contributed by atoms with E-state index >= 15 is 0 Å². The van der Waals surface area contributed by atoms with Gasteiger partial charge in [-0.25, -0.2) is 4.79 Å². The van der Waals surface area contributed by atoms with E-state index in [1.807, 2.05) is 66.7 Å². The molecular weight excluding hydrogens is 352 g/mol. The number of fused-ring (bicyclic) bond motifs is 2. The van der Waals surface area contributed by atoms with Crippen molar-refractivity contribution in [1.29, 1.82) is 0 Å². The van der Waals surface area contributed by atoms with Crippen LogP contribution in [0.5, 0.6) is 11.5 Å². The van der Waals surface area contributed by atoms with Gasteiger partial charge >= 0.3 is 5.97 Å². The highest BCUT2D eigenvalue weighted by atomic mass is 16.6. The van der Waals surface area contributed by atoms with Crippen LogP contribution in [-0.2, 0) is 9.53 Å². The number of benzene rings is 4. The second-order valence-corrected chi connectivity index (χ2v) is 6.43. The van der Waals surface area contributed by atoms with Crippen LogP contribution >= 0.6 is 0 Å². The number of aromatic hydroxyl groups is 1. The molecule has 0 aliphatic heterocycles. The summed E-state index contributed by atoms with van der Waals surface area (Å²) < 4.78 is 10.8. The summed E-state index contributed by atoms with van der Waals surface area (Å²) in [6, 6.07) is 23.1. The molecule has 0 aliphatic rings. The van der Waals surface area contributed by atoms with Crippen molar-refractivity contribution in [3.63, 3.8) is 0 Å². The van der Waals surface area contributed by atoms with Crippen molar-refractivity contribution >= 4 is 27.5 Å². The molecule has 0 bridgehead atoms. The number of hydrogen-bond donors (Lipinski definition) is 1. The maximum absolute atomic E-state index is 11.8. The van der Waals surface area contributed by atoms with Gasteiger partial charge in [-0.2, -0.15) is 0 Å². The molecule has 4 nitrogen and oxygen atoms in total. The standard InChI is InChI=1S/C24H20O4/c1-2-27-22(26)15-28-21-14-12-17-8-4-6-10-19(17)24(21)23-18-9-5-3-7-16(18)11-13-20(23)25/h3-14,25H,2,15H2,1H3. The van der Waals surface area contributed by atoms with Crippen molar-refractivity contribution < 1.29 is 19.4 Å². The van der Waals surface area contributed by atoms with Crippen LogP contribution in [0.3, 0.4) is 0 Å². The Morgan fingerprint density at radius 3 is 2.11 bits per heavy atom. The van der Waals surface area contributed by atoms with Crippen LogP contribution in [-0.4, -0.2) is 24.3 Å². The highest BCUT2D eigenvalue weighted by Gasteiger charge is 2.18. The van der Waals surface area contributed by atoms with Gasteiger partial charge in [-0.3, -0.25) is 0 Å². The third-order valence-electron chi connectivity index (χ3n) is 4.70. The summed E-state index contributed by atoms with van der Waals surface area (Å²) in [6.07, 6.45) is 0. The molecule has 4 rings (SSSR count). The molecule has 0 aromatic heterocycles. The molecule has 0 radical (unpaired) electrons. The van der Waals surface area contributed by atoms with Crippen LogP contribution < -0.4 is 4.74 Å². The van der Waals surface area contributed by atoms with Crippen molar-refractivity contribution in [2.45, 2.75) is 6.92 Å². The van der Waals surface area contributed by atoms with Crippen LogP contribution in [0.1, 0.15) is 6.92 Å². The first-order valence-corrected chi connectivity index (χ1v) is 9.20. The van der Waals surface area contributed by atoms with Crippen LogP contribution in [0.25, 0.3) is 32.7 Å². The summed E-state index contributed by atoms with van der Waals surface area (Å²) in [5.41, 5.74) is 1.45. The van der Waals surface area contributed by atoms with Crippen molar-refractivity contribution in [1.82, 2.24) is 0 Å². The molecule has 0 fully saturated rings. The Hall–Kier alpha value is -3.53. The average molecular weight is 372 g/mol. The van der Waals surface area contributed by atoms with Crippen molar-refractivity contribution in [2.24, 2.45) is 0 Å². The molecule has 0 saturated carbocycles. The van der Waals surface area contributed by atoms with Crippen molar-refractivity contribution in [3.8, 4) is 22.6 Å². The van der Waals surface area contributed by atoms with Gasteiger partial charge in [0.25, 0.3) is 0 Å². The molecule has 4 aromatic carbocycles. The number of carbonyl (C=O) groups excluding carboxylic acids is 1. The topological polar surface area (TPSA) is 55.8 Å². The quantitative estimate of drug-likeness (QED) is 0.483. The monoisotopic (exact) mass is 372 g/mol. The minimum absolute atomic E-state index is 0.163. The fourth-order valence-corrected chi connectivity index (χ4v) is 3.49. The number of phenols is 1. The first-order valence-electron chi connectivity index (χ1n) is 9.20. The zero-order chi connectivity index (χ0) is 19.5. The van der Waals surface area contributed by atoms with E-state index in [-0.39, 0.29) is 12.4 Å². The fourth-order valence-electron chi connectivity index (χ4n) is 3.49. The number of hydrogen-bond acceptors (Lipinski definition) is 4. The lowest BCUT2D eigenvalue weighted by atomic mass is 9.92. The van der Waals surface area contributed by atoms with Gasteiger partial charge in [0.05, 0.1) is 6.61 Å². The van der Waals surface area contributed by atoms with E-state index in [1.54, 1.807) is 13.0 Å². The zero-order valence-corrected chi connectivity index (χ0v) is 15.5. The highest BCUT2D eigenvalue weighted by Crippen LogP contribution is 2.44. The molecular formula is C24H20O4. The summed E-state index contributed by atoms with van der Waals surface area (Å²) >= 11 is 0. The van der Waals surface area contributed by atoms with E-state index in [0.29, 0.717) is 17.9 Å². The largest absolute Gasteiger partial charge is 0.507 e. The van der Waals surface area contributed by atoms with Crippen LogP contribution in [0.2, 0.25) is 0 Å². The number of esters is 1. The second kappa shape index (κ2) is 7.61. The van der Waals surface area contributed by atoms with E-state index < -0.39 is 5.97 Å². The summed E-state index contributed by atoms with van der Waals surface area (Å²) in [7, 11) is 0. The minimum Gasteiger partial charge on any atom is -0.507 e. The molecule has 0 spiro atoms. The molecule has 0 heterocycles. The molecule has 4 heteroatoms. The van der Waals surface area contributed by atoms with E-state index in [2.05, 4.69) is 0 Å². The Morgan fingerprint density at radius 2 is 1.43 bits per heavy atom. The maximum Gasteiger partial charge on any atom is 0.344 e. The fraction of sp³-hybridized carbons (Fsp3) is 0.125. The number of ether oxygens (including phenoxy) is 2. The Labute approximate surface area is 162 Å². The lowest BCUT2D eigenvalue weighted by molar-refractivity contribution is -0.145. The van der Waals surface area contributed by atoms with Gasteiger partial charge in [0.2, 0.25) is 0 Å². The van der Waals surface area contributed by atoms with Gasteiger partial charge in [-0.1, -0.05) is 60.7 Å². The predicted octanol–water partition coefficient (Wildman–Crippen LogP) is 5.31. The van der Waals surface area contributed by atoms with Crippen molar-refractivity contribution in [3.05, 3.63) is 72.8 Å². The van der Waals surface area contributed by atoms with Gasteiger partial charge in [0, 0.05) is 11.1 Å². The number of rotatable bonds is 5. The minimum atomic E-state index is -0.427. The highest BCUT2D eigenvalue weighted by molar-refractivity contribution is 6.09. The number of phenolic OH excluding ortho intramolecular Hbond substituents is 1. The molecule has 4 aromatic rings. The van der Waals surface area contributed by atoms with E-state index in [9.17, 15) is 9.90 Å². The Bertz CT molecular complexity index is 1160. The van der Waals surface area contributed by atoms with Gasteiger partial charge < -0.3 is 14.6 Å². The van der Waals surface area contributed by atoms with Crippen LogP contribution in [0, 0.1) is 0 Å². The Kier molecular flexibility index (Phi) is 4.85. The van der Waals surface area contributed by atoms with Gasteiger partial charge in [-0.05, 0) is 40.6 Å². The molecule has 0 unspecified atom stereocenters. The Morgan fingerprint density at radius 1 is 0.821 bits per heavy atom. The average Bonchev–Trinajstić information content (AvgIpc) is 2.72. The molecule has 0 aliphatic carbocycles. The molecule has 0 amide bonds. The van der Waals surface area contributed by atoms with E-state index in [1.165, 1.54) is 0 Å². The first-order chi connectivity index (χ1) is 13.7. The van der Waals surface area contributed by atoms with Gasteiger partial charge in [0.1, 0.15) is 11.5 Å².